The molecule has 23 heavy (non-hydrogen) atoms. The standard InChI is InChI=1S/C13H13F2N7S/c14-11-5-9(22-10(7-17-19-16)8-18-20-22)6-12(15)13(11)21-1-3-23-4-2-21/h5-6,8H,1-4,7H2. The summed E-state index contributed by atoms with van der Waals surface area (Å²) >= 11 is 1.77. The van der Waals surface area contributed by atoms with Gasteiger partial charge in [-0.2, -0.15) is 11.8 Å². The lowest BCUT2D eigenvalue weighted by Gasteiger charge is -2.29. The fraction of sp³-hybridized carbons (Fsp3) is 0.385. The van der Waals surface area contributed by atoms with Crippen LogP contribution in [0.15, 0.2) is 23.4 Å². The molecule has 0 atom stereocenters. The van der Waals surface area contributed by atoms with Gasteiger partial charge in [0.15, 0.2) is 11.6 Å². The fourth-order valence-electron chi connectivity index (χ4n) is 2.45. The van der Waals surface area contributed by atoms with Gasteiger partial charge in [0.2, 0.25) is 0 Å². The van der Waals surface area contributed by atoms with Crippen LogP contribution in [0.4, 0.5) is 14.5 Å². The first-order chi connectivity index (χ1) is 11.2. The van der Waals surface area contributed by atoms with Crippen LogP contribution < -0.4 is 4.90 Å². The Hall–Kier alpha value is -2.32. The number of anilines is 1. The van der Waals surface area contributed by atoms with Crippen LogP contribution in [-0.4, -0.2) is 39.6 Å². The summed E-state index contributed by atoms with van der Waals surface area (Å²) in [5.41, 5.74) is 9.02. The van der Waals surface area contributed by atoms with Crippen LogP contribution in [-0.2, 0) is 6.54 Å². The van der Waals surface area contributed by atoms with Gasteiger partial charge in [-0.1, -0.05) is 10.3 Å². The second-order valence-corrected chi connectivity index (χ2v) is 6.11. The van der Waals surface area contributed by atoms with Crippen LogP contribution in [0.5, 0.6) is 0 Å². The summed E-state index contributed by atoms with van der Waals surface area (Å²) in [4.78, 5) is 4.37. The summed E-state index contributed by atoms with van der Waals surface area (Å²) in [6, 6.07) is 2.43. The summed E-state index contributed by atoms with van der Waals surface area (Å²) in [7, 11) is 0. The maximum atomic E-state index is 14.4. The van der Waals surface area contributed by atoms with Gasteiger partial charge in [-0.15, -0.1) is 5.10 Å². The van der Waals surface area contributed by atoms with Crippen LogP contribution in [0.3, 0.4) is 0 Å². The number of aromatic nitrogens is 3. The van der Waals surface area contributed by atoms with E-state index in [2.05, 4.69) is 20.3 Å². The Morgan fingerprint density at radius 1 is 1.26 bits per heavy atom. The van der Waals surface area contributed by atoms with Crippen molar-refractivity contribution in [2.75, 3.05) is 29.5 Å². The van der Waals surface area contributed by atoms with Crippen molar-refractivity contribution in [3.05, 3.63) is 46.1 Å². The van der Waals surface area contributed by atoms with Crippen molar-refractivity contribution in [2.45, 2.75) is 6.54 Å². The van der Waals surface area contributed by atoms with Crippen LogP contribution in [0.25, 0.3) is 16.1 Å². The van der Waals surface area contributed by atoms with Crippen molar-refractivity contribution < 1.29 is 8.78 Å². The van der Waals surface area contributed by atoms with Crippen LogP contribution in [0, 0.1) is 11.6 Å². The van der Waals surface area contributed by atoms with Crippen molar-refractivity contribution >= 4 is 17.4 Å². The second kappa shape index (κ2) is 6.84. The quantitative estimate of drug-likeness (QED) is 0.488. The number of hydrogen-bond donors (Lipinski definition) is 0. The Balaban J connectivity index is 1.96. The van der Waals surface area contributed by atoms with Gasteiger partial charge in [0, 0.05) is 41.6 Å². The minimum atomic E-state index is -0.642. The first-order valence-electron chi connectivity index (χ1n) is 6.93. The zero-order valence-corrected chi connectivity index (χ0v) is 12.9. The lowest BCUT2D eigenvalue weighted by Crippen LogP contribution is -2.33. The van der Waals surface area contributed by atoms with E-state index in [-0.39, 0.29) is 17.9 Å². The minimum absolute atomic E-state index is 0.00215. The van der Waals surface area contributed by atoms with Crippen LogP contribution in [0.2, 0.25) is 0 Å². The topological polar surface area (TPSA) is 82.7 Å². The van der Waals surface area contributed by atoms with E-state index in [9.17, 15) is 8.78 Å². The Labute approximate surface area is 134 Å². The van der Waals surface area contributed by atoms with Crippen molar-refractivity contribution in [2.24, 2.45) is 5.11 Å². The molecule has 0 bridgehead atoms. The number of nitrogens with zero attached hydrogens (tertiary/aromatic N) is 7. The Morgan fingerprint density at radius 2 is 1.96 bits per heavy atom. The van der Waals surface area contributed by atoms with Crippen LogP contribution in [0.1, 0.15) is 5.69 Å². The summed E-state index contributed by atoms with van der Waals surface area (Å²) in [5, 5.41) is 10.9. The Bertz CT molecular complexity index is 728. The Morgan fingerprint density at radius 3 is 2.61 bits per heavy atom. The second-order valence-electron chi connectivity index (χ2n) is 4.88. The number of rotatable bonds is 4. The first-order valence-corrected chi connectivity index (χ1v) is 8.08. The monoisotopic (exact) mass is 337 g/mol. The molecule has 120 valence electrons. The van der Waals surface area contributed by atoms with Gasteiger partial charge in [-0.05, 0) is 5.53 Å². The molecule has 1 fully saturated rings. The lowest BCUT2D eigenvalue weighted by molar-refractivity contribution is 0.569. The molecule has 0 spiro atoms. The molecule has 0 aliphatic carbocycles. The number of hydrogen-bond acceptors (Lipinski definition) is 5. The predicted octanol–water partition coefficient (Wildman–Crippen LogP) is 2.91. The third-order valence-electron chi connectivity index (χ3n) is 3.49. The maximum absolute atomic E-state index is 14.4. The molecule has 0 amide bonds. The van der Waals surface area contributed by atoms with Gasteiger partial charge >= 0.3 is 0 Å². The molecule has 3 rings (SSSR count). The van der Waals surface area contributed by atoms with E-state index in [1.165, 1.54) is 23.0 Å². The summed E-state index contributed by atoms with van der Waals surface area (Å²) in [6.45, 7) is 1.23. The maximum Gasteiger partial charge on any atom is 0.151 e. The van der Waals surface area contributed by atoms with Gasteiger partial charge in [-0.25, -0.2) is 13.5 Å². The molecule has 0 radical (unpaired) electrons. The van der Waals surface area contributed by atoms with E-state index in [1.54, 1.807) is 16.7 Å². The van der Waals surface area contributed by atoms with Gasteiger partial charge in [-0.3, -0.25) is 0 Å². The van der Waals surface area contributed by atoms with Crippen LogP contribution >= 0.6 is 11.8 Å². The highest BCUT2D eigenvalue weighted by Gasteiger charge is 2.21. The minimum Gasteiger partial charge on any atom is -0.365 e. The van der Waals surface area contributed by atoms with Crippen molar-refractivity contribution in [3.8, 4) is 5.69 Å². The van der Waals surface area contributed by atoms with Crippen molar-refractivity contribution in [3.63, 3.8) is 0 Å². The average molecular weight is 337 g/mol. The Kier molecular flexibility index (Phi) is 4.63. The normalized spacial score (nSPS) is 14.6. The fourth-order valence-corrected chi connectivity index (χ4v) is 3.35. The van der Waals surface area contributed by atoms with E-state index in [1.807, 2.05) is 0 Å². The van der Waals surface area contributed by atoms with Gasteiger partial charge < -0.3 is 4.90 Å². The molecule has 1 saturated heterocycles. The molecular formula is C13H13F2N7S. The molecule has 7 nitrogen and oxygen atoms in total. The zero-order valence-electron chi connectivity index (χ0n) is 12.1. The smallest absolute Gasteiger partial charge is 0.151 e. The molecule has 1 aliphatic rings. The molecule has 0 saturated carbocycles. The summed E-state index contributed by atoms with van der Waals surface area (Å²) < 4.78 is 30.1. The van der Waals surface area contributed by atoms with E-state index in [0.717, 1.165) is 11.5 Å². The molecule has 10 heteroatoms. The highest BCUT2D eigenvalue weighted by molar-refractivity contribution is 7.99. The van der Waals surface area contributed by atoms with Gasteiger partial charge in [0.1, 0.15) is 5.69 Å². The van der Waals surface area contributed by atoms with E-state index < -0.39 is 11.6 Å². The highest BCUT2D eigenvalue weighted by atomic mass is 32.2. The van der Waals surface area contributed by atoms with Crippen molar-refractivity contribution in [1.29, 1.82) is 0 Å². The van der Waals surface area contributed by atoms with E-state index >= 15 is 0 Å². The number of benzene rings is 1. The SMILES string of the molecule is [N-]=[N+]=NCc1cnnn1-c1cc(F)c(N2CCSCC2)c(F)c1. The molecule has 1 aliphatic heterocycles. The van der Waals surface area contributed by atoms with E-state index in [0.29, 0.717) is 18.8 Å². The third kappa shape index (κ3) is 3.22. The molecule has 2 heterocycles. The van der Waals surface area contributed by atoms with E-state index in [4.69, 9.17) is 5.53 Å². The first kappa shape index (κ1) is 15.6. The largest absolute Gasteiger partial charge is 0.365 e. The molecule has 1 aromatic heterocycles. The predicted molar refractivity (Wildman–Crippen MR) is 83.7 cm³/mol. The molecular weight excluding hydrogens is 324 g/mol. The number of azide groups is 1. The molecule has 1 aromatic carbocycles. The third-order valence-corrected chi connectivity index (χ3v) is 4.43. The summed E-state index contributed by atoms with van der Waals surface area (Å²) in [5.74, 6) is 0.411. The highest BCUT2D eigenvalue weighted by Crippen LogP contribution is 2.28. The molecule has 0 N–H and O–H groups in total. The summed E-state index contributed by atoms with van der Waals surface area (Å²) in [6.07, 6.45) is 1.39. The van der Waals surface area contributed by atoms with Gasteiger partial charge in [0.25, 0.3) is 0 Å². The molecule has 2 aromatic rings. The zero-order chi connectivity index (χ0) is 16.2. The number of halogens is 2. The number of thioether (sulfide) groups is 1. The van der Waals surface area contributed by atoms with Gasteiger partial charge in [0.05, 0.1) is 24.1 Å². The van der Waals surface area contributed by atoms with Crippen molar-refractivity contribution in [1.82, 2.24) is 15.0 Å². The lowest BCUT2D eigenvalue weighted by atomic mass is 10.2. The molecule has 0 unspecified atom stereocenters. The average Bonchev–Trinajstić information content (AvgIpc) is 3.01.